The van der Waals surface area contributed by atoms with Crippen molar-refractivity contribution >= 4 is 11.8 Å². The van der Waals surface area contributed by atoms with Gasteiger partial charge >= 0.3 is 0 Å². The van der Waals surface area contributed by atoms with Gasteiger partial charge in [-0.25, -0.2) is 4.39 Å². The molecule has 0 radical (unpaired) electrons. The number of nitrogens with two attached hydrogens (primary N) is 1. The van der Waals surface area contributed by atoms with Crippen molar-refractivity contribution in [2.45, 2.75) is 11.4 Å². The van der Waals surface area contributed by atoms with Crippen LogP contribution >= 0.6 is 11.8 Å². The molecule has 0 bridgehead atoms. The third-order valence-electron chi connectivity index (χ3n) is 2.04. The predicted octanol–water partition coefficient (Wildman–Crippen LogP) is 1.94. The molecule has 0 aliphatic carbocycles. The van der Waals surface area contributed by atoms with Gasteiger partial charge in [0.15, 0.2) is 0 Å². The molecule has 2 nitrogen and oxygen atoms in total. The molecule has 2 N–H and O–H groups in total. The quantitative estimate of drug-likeness (QED) is 0.781. The number of hydrogen-bond acceptors (Lipinski definition) is 3. The van der Waals surface area contributed by atoms with Gasteiger partial charge in [0, 0.05) is 23.7 Å². The van der Waals surface area contributed by atoms with E-state index in [0.717, 1.165) is 22.8 Å². The molecule has 0 spiro atoms. The predicted molar refractivity (Wildman–Crippen MR) is 63.6 cm³/mol. The molecule has 15 heavy (non-hydrogen) atoms. The average Bonchev–Trinajstić information content (AvgIpc) is 2.19. The first-order valence-corrected chi connectivity index (χ1v) is 5.88. The van der Waals surface area contributed by atoms with E-state index in [9.17, 15) is 4.39 Å². The summed E-state index contributed by atoms with van der Waals surface area (Å²) >= 11 is 1.72. The van der Waals surface area contributed by atoms with E-state index in [2.05, 4.69) is 4.90 Å². The minimum Gasteiger partial charge on any atom is -0.326 e. The van der Waals surface area contributed by atoms with Gasteiger partial charge in [-0.3, -0.25) is 0 Å². The molecule has 0 aromatic heterocycles. The Morgan fingerprint density at radius 1 is 1.40 bits per heavy atom. The smallest absolute Gasteiger partial charge is 0.123 e. The first kappa shape index (κ1) is 12.5. The largest absolute Gasteiger partial charge is 0.326 e. The average molecular weight is 228 g/mol. The lowest BCUT2D eigenvalue weighted by Crippen LogP contribution is -2.14. The van der Waals surface area contributed by atoms with E-state index in [-0.39, 0.29) is 5.82 Å². The van der Waals surface area contributed by atoms with Crippen LogP contribution < -0.4 is 5.73 Å². The Morgan fingerprint density at radius 3 is 2.73 bits per heavy atom. The topological polar surface area (TPSA) is 29.3 Å². The number of thioether (sulfide) groups is 1. The third-order valence-corrected chi connectivity index (χ3v) is 3.13. The summed E-state index contributed by atoms with van der Waals surface area (Å²) < 4.78 is 12.9. The third kappa shape index (κ3) is 4.20. The Labute approximate surface area is 94.6 Å². The Balaban J connectivity index is 2.60. The molecular weight excluding hydrogens is 211 g/mol. The molecule has 0 amide bonds. The van der Waals surface area contributed by atoms with Crippen LogP contribution in [0.1, 0.15) is 5.56 Å². The molecule has 0 saturated heterocycles. The number of hydrogen-bond donors (Lipinski definition) is 1. The maximum atomic E-state index is 12.9. The summed E-state index contributed by atoms with van der Waals surface area (Å²) in [4.78, 5) is 3.21. The fraction of sp³-hybridized carbons (Fsp3) is 0.455. The van der Waals surface area contributed by atoms with Crippen LogP contribution in [0.25, 0.3) is 0 Å². The van der Waals surface area contributed by atoms with E-state index in [1.165, 1.54) is 12.1 Å². The minimum absolute atomic E-state index is 0.215. The fourth-order valence-electron chi connectivity index (χ4n) is 1.19. The minimum atomic E-state index is -0.215. The van der Waals surface area contributed by atoms with Crippen LogP contribution in [0.5, 0.6) is 0 Å². The highest BCUT2D eigenvalue weighted by Gasteiger charge is 2.03. The molecule has 0 aliphatic rings. The van der Waals surface area contributed by atoms with Crippen molar-refractivity contribution in [3.63, 3.8) is 0 Å². The Morgan fingerprint density at radius 2 is 2.13 bits per heavy atom. The summed E-state index contributed by atoms with van der Waals surface area (Å²) in [7, 11) is 4.07. The van der Waals surface area contributed by atoms with E-state index in [1.54, 1.807) is 17.8 Å². The van der Waals surface area contributed by atoms with Crippen LogP contribution in [0, 0.1) is 5.82 Å². The second-order valence-electron chi connectivity index (χ2n) is 3.61. The van der Waals surface area contributed by atoms with Crippen LogP contribution in [0.4, 0.5) is 4.39 Å². The number of halogens is 1. The highest BCUT2D eigenvalue weighted by molar-refractivity contribution is 7.99. The summed E-state index contributed by atoms with van der Waals surface area (Å²) in [6, 6.07) is 4.80. The van der Waals surface area contributed by atoms with E-state index >= 15 is 0 Å². The Bertz CT molecular complexity index is 315. The maximum Gasteiger partial charge on any atom is 0.123 e. The molecule has 0 fully saturated rings. The van der Waals surface area contributed by atoms with Crippen LogP contribution in [0.3, 0.4) is 0 Å². The molecule has 1 aromatic carbocycles. The first-order valence-electron chi connectivity index (χ1n) is 4.89. The highest BCUT2D eigenvalue weighted by atomic mass is 32.2. The van der Waals surface area contributed by atoms with Crippen LogP contribution in [0.2, 0.25) is 0 Å². The number of nitrogens with zero attached hydrogens (tertiary/aromatic N) is 1. The Hall–Kier alpha value is -0.580. The highest BCUT2D eigenvalue weighted by Crippen LogP contribution is 2.23. The normalized spacial score (nSPS) is 11.0. The zero-order valence-corrected chi connectivity index (χ0v) is 9.98. The van der Waals surface area contributed by atoms with Gasteiger partial charge in [0.25, 0.3) is 0 Å². The summed E-state index contributed by atoms with van der Waals surface area (Å²) in [5, 5.41) is 0. The summed E-state index contributed by atoms with van der Waals surface area (Å²) in [5.41, 5.74) is 6.45. The van der Waals surface area contributed by atoms with Gasteiger partial charge in [-0.2, -0.15) is 0 Å². The van der Waals surface area contributed by atoms with Crippen molar-refractivity contribution in [1.29, 1.82) is 0 Å². The van der Waals surface area contributed by atoms with Crippen LogP contribution in [0.15, 0.2) is 23.1 Å². The molecule has 1 rings (SSSR count). The van der Waals surface area contributed by atoms with E-state index in [0.29, 0.717) is 6.54 Å². The molecule has 84 valence electrons. The van der Waals surface area contributed by atoms with Gasteiger partial charge in [0.1, 0.15) is 5.82 Å². The monoisotopic (exact) mass is 228 g/mol. The van der Waals surface area contributed by atoms with Gasteiger partial charge in [-0.05, 0) is 37.9 Å². The molecule has 0 saturated carbocycles. The zero-order chi connectivity index (χ0) is 11.3. The summed E-state index contributed by atoms with van der Waals surface area (Å²) in [5.74, 6) is 0.776. The molecule has 0 aliphatic heterocycles. The van der Waals surface area contributed by atoms with Gasteiger partial charge in [-0.1, -0.05) is 0 Å². The van der Waals surface area contributed by atoms with Crippen molar-refractivity contribution in [3.05, 3.63) is 29.6 Å². The van der Waals surface area contributed by atoms with E-state index in [1.807, 2.05) is 14.1 Å². The van der Waals surface area contributed by atoms with Crippen LogP contribution in [-0.2, 0) is 6.54 Å². The molecule has 4 heteroatoms. The summed E-state index contributed by atoms with van der Waals surface area (Å²) in [6.45, 7) is 1.40. The molecule has 1 aromatic rings. The fourth-order valence-corrected chi connectivity index (χ4v) is 2.35. The van der Waals surface area contributed by atoms with Crippen molar-refractivity contribution in [2.75, 3.05) is 26.4 Å². The van der Waals surface area contributed by atoms with Crippen LogP contribution in [-0.4, -0.2) is 31.3 Å². The number of benzene rings is 1. The zero-order valence-electron chi connectivity index (χ0n) is 9.16. The summed E-state index contributed by atoms with van der Waals surface area (Å²) in [6.07, 6.45) is 0. The molecule has 0 atom stereocenters. The lowest BCUT2D eigenvalue weighted by Gasteiger charge is -2.10. The van der Waals surface area contributed by atoms with Crippen molar-refractivity contribution in [3.8, 4) is 0 Å². The molecular formula is C11H17FN2S. The standard InChI is InChI=1S/C11H17FN2S/c1-14(2)5-6-15-11-4-3-10(12)7-9(11)8-13/h3-4,7H,5-6,8,13H2,1-2H3. The number of rotatable bonds is 5. The van der Waals surface area contributed by atoms with Gasteiger partial charge in [-0.15, -0.1) is 11.8 Å². The SMILES string of the molecule is CN(C)CCSc1ccc(F)cc1CN. The second kappa shape index (κ2) is 6.10. The maximum absolute atomic E-state index is 12.9. The lowest BCUT2D eigenvalue weighted by atomic mass is 10.2. The van der Waals surface area contributed by atoms with E-state index < -0.39 is 0 Å². The lowest BCUT2D eigenvalue weighted by molar-refractivity contribution is 0.437. The van der Waals surface area contributed by atoms with Gasteiger partial charge in [0.2, 0.25) is 0 Å². The first-order chi connectivity index (χ1) is 7.13. The van der Waals surface area contributed by atoms with Crippen molar-refractivity contribution < 1.29 is 4.39 Å². The Kier molecular flexibility index (Phi) is 5.08. The second-order valence-corrected chi connectivity index (χ2v) is 4.74. The van der Waals surface area contributed by atoms with Crippen molar-refractivity contribution in [2.24, 2.45) is 5.73 Å². The molecule has 0 heterocycles. The van der Waals surface area contributed by atoms with E-state index in [4.69, 9.17) is 5.73 Å². The van der Waals surface area contributed by atoms with Gasteiger partial charge in [0.05, 0.1) is 0 Å². The molecule has 0 unspecified atom stereocenters. The van der Waals surface area contributed by atoms with Gasteiger partial charge < -0.3 is 10.6 Å². The van der Waals surface area contributed by atoms with Crippen molar-refractivity contribution in [1.82, 2.24) is 4.90 Å².